The molecule has 2 aromatic heterocycles. The van der Waals surface area contributed by atoms with Gasteiger partial charge in [0.15, 0.2) is 5.13 Å². The number of nitrogens with zero attached hydrogens (tertiary/aromatic N) is 5. The molecule has 1 aliphatic rings. The van der Waals surface area contributed by atoms with Gasteiger partial charge >= 0.3 is 6.03 Å². The largest absolute Gasteiger partial charge is 0.324 e. The number of piperidine rings is 1. The summed E-state index contributed by atoms with van der Waals surface area (Å²) >= 11 is 1.40. The second kappa shape index (κ2) is 9.17. The number of benzene rings is 1. The number of carbonyl (C=O) groups excluding carboxylic acids is 1. The van der Waals surface area contributed by atoms with E-state index >= 15 is 0 Å². The number of nitrogens with one attached hydrogen (secondary N) is 1. The molecule has 7 nitrogen and oxygen atoms in total. The molecule has 4 rings (SSSR count). The Hall–Kier alpha value is -3.75. The smallest absolute Gasteiger partial charge is 0.323 e. The Morgan fingerprint density at radius 1 is 1.09 bits per heavy atom. The van der Waals surface area contributed by atoms with E-state index in [1.807, 2.05) is 38.1 Å². The molecular weight excluding hydrogens is 420 g/mol. The lowest BCUT2D eigenvalue weighted by atomic mass is 9.99. The van der Waals surface area contributed by atoms with E-state index in [0.717, 1.165) is 33.1 Å². The molecule has 1 fully saturated rings. The van der Waals surface area contributed by atoms with Crippen molar-refractivity contribution in [3.8, 4) is 33.8 Å². The molecule has 0 unspecified atom stereocenters. The Kier molecular flexibility index (Phi) is 6.16. The summed E-state index contributed by atoms with van der Waals surface area (Å²) in [6.07, 6.45) is 1.38. The van der Waals surface area contributed by atoms with E-state index in [2.05, 4.69) is 22.4 Å². The second-order valence-corrected chi connectivity index (χ2v) is 8.85. The molecular formula is C24H22N6OS. The molecule has 0 spiro atoms. The van der Waals surface area contributed by atoms with E-state index in [1.54, 1.807) is 17.0 Å². The monoisotopic (exact) mass is 442 g/mol. The predicted molar refractivity (Wildman–Crippen MR) is 124 cm³/mol. The van der Waals surface area contributed by atoms with Gasteiger partial charge in [0, 0.05) is 36.0 Å². The van der Waals surface area contributed by atoms with Crippen LogP contribution in [0.4, 0.5) is 9.93 Å². The highest BCUT2D eigenvalue weighted by atomic mass is 32.1. The summed E-state index contributed by atoms with van der Waals surface area (Å²) in [6.45, 7) is 5.01. The molecule has 1 aromatic carbocycles. The Morgan fingerprint density at radius 2 is 1.81 bits per heavy atom. The summed E-state index contributed by atoms with van der Waals surface area (Å²) in [4.78, 5) is 24.6. The highest BCUT2D eigenvalue weighted by Gasteiger charge is 2.24. The van der Waals surface area contributed by atoms with Gasteiger partial charge in [-0.15, -0.1) is 0 Å². The van der Waals surface area contributed by atoms with Crippen LogP contribution in [0.3, 0.4) is 0 Å². The number of aromatic nitrogens is 2. The van der Waals surface area contributed by atoms with Crippen molar-refractivity contribution >= 4 is 22.5 Å². The van der Waals surface area contributed by atoms with Gasteiger partial charge in [-0.25, -0.2) is 9.78 Å². The molecule has 0 radical (unpaired) electrons. The molecule has 0 bridgehead atoms. The molecule has 3 aromatic rings. The SMILES string of the molecule is Cc1cc(-c2sc(NC(=O)N3CCC(C#N)CC3)nc2-c2cccc(C#N)c2)cc(C)n1. The van der Waals surface area contributed by atoms with E-state index in [9.17, 15) is 10.1 Å². The first-order valence-electron chi connectivity index (χ1n) is 10.4. The van der Waals surface area contributed by atoms with Crippen LogP contribution >= 0.6 is 11.3 Å². The summed E-state index contributed by atoms with van der Waals surface area (Å²) in [7, 11) is 0. The third-order valence-electron chi connectivity index (χ3n) is 5.41. The Morgan fingerprint density at radius 3 is 2.47 bits per heavy atom. The van der Waals surface area contributed by atoms with Gasteiger partial charge in [0.1, 0.15) is 0 Å². The zero-order valence-electron chi connectivity index (χ0n) is 17.9. The summed E-state index contributed by atoms with van der Waals surface area (Å²) in [6, 6.07) is 15.5. The third kappa shape index (κ3) is 4.61. The van der Waals surface area contributed by atoms with Gasteiger partial charge < -0.3 is 4.90 Å². The van der Waals surface area contributed by atoms with Crippen LogP contribution in [0.15, 0.2) is 36.4 Å². The van der Waals surface area contributed by atoms with Crippen molar-refractivity contribution in [1.29, 1.82) is 10.5 Å². The second-order valence-electron chi connectivity index (χ2n) is 7.85. The van der Waals surface area contributed by atoms with Crippen LogP contribution in [-0.4, -0.2) is 34.0 Å². The fourth-order valence-electron chi connectivity index (χ4n) is 3.85. The minimum atomic E-state index is -0.207. The number of thiazole rings is 1. The standard InChI is InChI=1S/C24H22N6OS/c1-15-10-20(11-16(2)27-15)22-21(19-5-3-4-18(12-19)14-26)28-23(32-22)29-24(31)30-8-6-17(13-25)7-9-30/h3-5,10-12,17H,6-9H2,1-2H3,(H,28,29,31). The van der Waals surface area contributed by atoms with Crippen molar-refractivity contribution in [2.24, 2.45) is 5.92 Å². The van der Waals surface area contributed by atoms with E-state index in [4.69, 9.17) is 10.2 Å². The Labute approximate surface area is 191 Å². The molecule has 0 aliphatic carbocycles. The molecule has 0 atom stereocenters. The highest BCUT2D eigenvalue weighted by molar-refractivity contribution is 7.19. The fourth-order valence-corrected chi connectivity index (χ4v) is 4.81. The number of amides is 2. The van der Waals surface area contributed by atoms with Gasteiger partial charge in [0.2, 0.25) is 0 Å². The number of anilines is 1. The van der Waals surface area contributed by atoms with Crippen molar-refractivity contribution in [2.45, 2.75) is 26.7 Å². The van der Waals surface area contributed by atoms with Crippen LogP contribution in [0.5, 0.6) is 0 Å². The molecule has 2 amide bonds. The highest BCUT2D eigenvalue weighted by Crippen LogP contribution is 2.39. The van der Waals surface area contributed by atoms with Gasteiger partial charge in [-0.1, -0.05) is 23.5 Å². The first-order chi connectivity index (χ1) is 15.5. The molecule has 0 saturated carbocycles. The van der Waals surface area contributed by atoms with Gasteiger partial charge in [-0.2, -0.15) is 10.5 Å². The van der Waals surface area contributed by atoms with Crippen molar-refractivity contribution in [3.63, 3.8) is 0 Å². The number of nitriles is 2. The lowest BCUT2D eigenvalue weighted by Crippen LogP contribution is -2.40. The number of urea groups is 1. The first-order valence-corrected chi connectivity index (χ1v) is 11.2. The van der Waals surface area contributed by atoms with Gasteiger partial charge in [0.05, 0.1) is 28.3 Å². The summed E-state index contributed by atoms with van der Waals surface area (Å²) in [5.41, 5.74) is 4.86. The quantitative estimate of drug-likeness (QED) is 0.605. The average Bonchev–Trinajstić information content (AvgIpc) is 3.22. The molecule has 1 saturated heterocycles. The number of hydrogen-bond acceptors (Lipinski definition) is 6. The lowest BCUT2D eigenvalue weighted by molar-refractivity contribution is 0.192. The van der Waals surface area contributed by atoms with E-state index < -0.39 is 0 Å². The zero-order valence-corrected chi connectivity index (χ0v) is 18.7. The molecule has 1 aliphatic heterocycles. The van der Waals surface area contributed by atoms with Gasteiger partial charge in [0.25, 0.3) is 0 Å². The first kappa shape index (κ1) is 21.5. The van der Waals surface area contributed by atoms with Crippen LogP contribution in [-0.2, 0) is 0 Å². The predicted octanol–water partition coefficient (Wildman–Crippen LogP) is 5.13. The van der Waals surface area contributed by atoms with E-state index in [1.165, 1.54) is 11.3 Å². The number of likely N-dealkylation sites (tertiary alicyclic amines) is 1. The number of pyridine rings is 1. The van der Waals surface area contributed by atoms with Crippen LogP contribution in [0.25, 0.3) is 21.7 Å². The van der Waals surface area contributed by atoms with Gasteiger partial charge in [-0.3, -0.25) is 10.3 Å². The zero-order chi connectivity index (χ0) is 22.7. The van der Waals surface area contributed by atoms with Crippen molar-refractivity contribution in [2.75, 3.05) is 18.4 Å². The van der Waals surface area contributed by atoms with Crippen LogP contribution in [0.1, 0.15) is 29.8 Å². The van der Waals surface area contributed by atoms with Crippen molar-refractivity contribution in [3.05, 3.63) is 53.3 Å². The Bertz CT molecular complexity index is 1220. The average molecular weight is 443 g/mol. The summed E-state index contributed by atoms with van der Waals surface area (Å²) in [5.74, 6) is 0.0164. The number of aryl methyl sites for hydroxylation is 2. The van der Waals surface area contributed by atoms with Crippen molar-refractivity contribution < 1.29 is 4.79 Å². The lowest BCUT2D eigenvalue weighted by Gasteiger charge is -2.28. The molecule has 8 heteroatoms. The number of carbonyl (C=O) groups is 1. The van der Waals surface area contributed by atoms with Crippen LogP contribution < -0.4 is 5.32 Å². The van der Waals surface area contributed by atoms with Crippen molar-refractivity contribution in [1.82, 2.24) is 14.9 Å². The van der Waals surface area contributed by atoms with E-state index in [0.29, 0.717) is 36.6 Å². The van der Waals surface area contributed by atoms with Crippen LogP contribution in [0.2, 0.25) is 0 Å². The third-order valence-corrected chi connectivity index (χ3v) is 6.43. The van der Waals surface area contributed by atoms with Crippen LogP contribution in [0, 0.1) is 42.4 Å². The molecule has 3 heterocycles. The van der Waals surface area contributed by atoms with E-state index in [-0.39, 0.29) is 11.9 Å². The molecule has 160 valence electrons. The fraction of sp³-hybridized carbons (Fsp3) is 0.292. The Balaban J connectivity index is 1.68. The summed E-state index contributed by atoms with van der Waals surface area (Å²) in [5, 5.41) is 21.8. The van der Waals surface area contributed by atoms with Gasteiger partial charge in [-0.05, 0) is 56.5 Å². The minimum absolute atomic E-state index is 0.0164. The normalized spacial score (nSPS) is 13.9. The molecule has 32 heavy (non-hydrogen) atoms. The number of hydrogen-bond donors (Lipinski definition) is 1. The molecule has 1 N–H and O–H groups in total. The topological polar surface area (TPSA) is 106 Å². The minimum Gasteiger partial charge on any atom is -0.324 e. The maximum absolute atomic E-state index is 12.8. The summed E-state index contributed by atoms with van der Waals surface area (Å²) < 4.78 is 0. The maximum Gasteiger partial charge on any atom is 0.323 e. The maximum atomic E-state index is 12.8. The number of rotatable bonds is 3.